The molecule has 0 bridgehead atoms. The molecule has 0 amide bonds. The van der Waals surface area contributed by atoms with Crippen LogP contribution in [0.1, 0.15) is 32.4 Å². The predicted molar refractivity (Wildman–Crippen MR) is 64.1 cm³/mol. The Balaban J connectivity index is 2.36. The van der Waals surface area contributed by atoms with Crippen molar-refractivity contribution in [1.82, 2.24) is 29.5 Å². The second-order valence-electron chi connectivity index (χ2n) is 5.35. The van der Waals surface area contributed by atoms with Crippen molar-refractivity contribution in [2.24, 2.45) is 5.41 Å². The first-order chi connectivity index (χ1) is 8.37. The molecule has 7 nitrogen and oxygen atoms in total. The van der Waals surface area contributed by atoms with Crippen molar-refractivity contribution in [2.45, 2.75) is 34.1 Å². The maximum atomic E-state index is 12.1. The monoisotopic (exact) mass is 248 g/mol. The molecule has 0 radical (unpaired) electrons. The molecule has 0 aliphatic carbocycles. The van der Waals surface area contributed by atoms with Gasteiger partial charge in [-0.1, -0.05) is 20.8 Å². The van der Waals surface area contributed by atoms with Crippen LogP contribution in [0.3, 0.4) is 0 Å². The highest BCUT2D eigenvalue weighted by atomic mass is 16.2. The molecular weight excluding hydrogens is 232 g/mol. The molecule has 0 aliphatic heterocycles. The number of carbonyl (C=O) groups excluding carboxylic acids is 1. The lowest BCUT2D eigenvalue weighted by Gasteiger charge is -2.16. The molecule has 0 aliphatic rings. The van der Waals surface area contributed by atoms with Gasteiger partial charge in [-0.2, -0.15) is 14.5 Å². The molecule has 0 fully saturated rings. The summed E-state index contributed by atoms with van der Waals surface area (Å²) in [4.78, 5) is 20.2. The Kier molecular flexibility index (Phi) is 2.98. The molecule has 2 rings (SSSR count). The molecular formula is C11H16N6O. The van der Waals surface area contributed by atoms with Gasteiger partial charge in [-0.25, -0.2) is 14.8 Å². The molecule has 2 aromatic heterocycles. The lowest BCUT2D eigenvalue weighted by molar-refractivity contribution is 0.236. The van der Waals surface area contributed by atoms with Crippen molar-refractivity contribution in [3.05, 3.63) is 24.3 Å². The Morgan fingerprint density at radius 3 is 2.67 bits per heavy atom. The highest BCUT2D eigenvalue weighted by Crippen LogP contribution is 2.19. The van der Waals surface area contributed by atoms with Crippen LogP contribution in [0.2, 0.25) is 0 Å². The van der Waals surface area contributed by atoms with E-state index >= 15 is 0 Å². The van der Waals surface area contributed by atoms with Crippen LogP contribution in [0.25, 0.3) is 0 Å². The zero-order valence-electron chi connectivity index (χ0n) is 11.0. The zero-order chi connectivity index (χ0) is 13.3. The molecule has 7 heteroatoms. The molecule has 18 heavy (non-hydrogen) atoms. The van der Waals surface area contributed by atoms with Crippen molar-refractivity contribution < 1.29 is 4.79 Å². The van der Waals surface area contributed by atoms with E-state index in [1.807, 2.05) is 0 Å². The Bertz CT molecular complexity index is 549. The summed E-state index contributed by atoms with van der Waals surface area (Å²) in [6.07, 6.45) is 3.32. The van der Waals surface area contributed by atoms with Crippen LogP contribution in [-0.4, -0.2) is 35.6 Å². The highest BCUT2D eigenvalue weighted by molar-refractivity contribution is 5.77. The number of nitrogens with zero attached hydrogens (tertiary/aromatic N) is 6. The summed E-state index contributed by atoms with van der Waals surface area (Å²) in [6, 6.07) is -0.368. The fourth-order valence-corrected chi connectivity index (χ4v) is 1.60. The second kappa shape index (κ2) is 4.32. The molecule has 2 heterocycles. The number of hydrogen-bond donors (Lipinski definition) is 0. The van der Waals surface area contributed by atoms with E-state index in [0.717, 1.165) is 4.68 Å². The Morgan fingerprint density at radius 2 is 2.11 bits per heavy atom. The van der Waals surface area contributed by atoms with Gasteiger partial charge in [0.15, 0.2) is 0 Å². The molecule has 0 aromatic carbocycles. The Labute approximate surface area is 105 Å². The normalized spacial score (nSPS) is 11.8. The van der Waals surface area contributed by atoms with Gasteiger partial charge in [0.05, 0.1) is 0 Å². The molecule has 2 aromatic rings. The van der Waals surface area contributed by atoms with Crippen LogP contribution in [0, 0.1) is 12.3 Å². The van der Waals surface area contributed by atoms with Gasteiger partial charge in [0.2, 0.25) is 0 Å². The van der Waals surface area contributed by atoms with Crippen LogP contribution >= 0.6 is 0 Å². The van der Waals surface area contributed by atoms with Crippen molar-refractivity contribution in [3.8, 4) is 0 Å². The minimum atomic E-state index is -0.368. The number of aryl methyl sites for hydroxylation is 1. The lowest BCUT2D eigenvalue weighted by atomic mass is 9.92. The van der Waals surface area contributed by atoms with Crippen molar-refractivity contribution in [2.75, 3.05) is 0 Å². The molecule has 0 saturated heterocycles. The highest BCUT2D eigenvalue weighted by Gasteiger charge is 2.21. The molecule has 0 saturated carbocycles. The van der Waals surface area contributed by atoms with Gasteiger partial charge in [0.1, 0.15) is 24.3 Å². The number of aromatic nitrogens is 6. The third-order valence-corrected chi connectivity index (χ3v) is 2.26. The van der Waals surface area contributed by atoms with Gasteiger partial charge in [0.25, 0.3) is 0 Å². The minimum Gasteiger partial charge on any atom is -0.243 e. The van der Waals surface area contributed by atoms with E-state index in [-0.39, 0.29) is 11.4 Å². The van der Waals surface area contributed by atoms with Crippen LogP contribution < -0.4 is 0 Å². The van der Waals surface area contributed by atoms with Gasteiger partial charge in [0, 0.05) is 6.42 Å². The fourth-order valence-electron chi connectivity index (χ4n) is 1.60. The Morgan fingerprint density at radius 1 is 1.39 bits per heavy atom. The SMILES string of the molecule is Cc1nc(CC(C)(C)C)n(C(=O)n2cncn2)n1. The van der Waals surface area contributed by atoms with Crippen LogP contribution in [0.15, 0.2) is 12.7 Å². The largest absolute Gasteiger partial charge is 0.372 e. The molecule has 96 valence electrons. The first kappa shape index (κ1) is 12.4. The maximum absolute atomic E-state index is 12.1. The van der Waals surface area contributed by atoms with E-state index in [4.69, 9.17) is 0 Å². The average molecular weight is 248 g/mol. The van der Waals surface area contributed by atoms with Crippen LogP contribution in [-0.2, 0) is 6.42 Å². The fraction of sp³-hybridized carbons (Fsp3) is 0.545. The zero-order valence-corrected chi connectivity index (χ0v) is 11.0. The van der Waals surface area contributed by atoms with Crippen molar-refractivity contribution in [3.63, 3.8) is 0 Å². The maximum Gasteiger partial charge on any atom is 0.372 e. The third-order valence-electron chi connectivity index (χ3n) is 2.26. The van der Waals surface area contributed by atoms with Crippen LogP contribution in [0.5, 0.6) is 0 Å². The van der Waals surface area contributed by atoms with Gasteiger partial charge in [-0.05, 0) is 12.3 Å². The first-order valence-electron chi connectivity index (χ1n) is 5.69. The molecule has 0 spiro atoms. The standard InChI is InChI=1S/C11H16N6O/c1-8-14-9(5-11(2,3)4)17(15-8)10(18)16-7-12-6-13-16/h6-7H,5H2,1-4H3. The lowest BCUT2D eigenvalue weighted by Crippen LogP contribution is -2.25. The molecule has 0 atom stereocenters. The predicted octanol–water partition coefficient (Wildman–Crippen LogP) is 1.28. The second-order valence-corrected chi connectivity index (χ2v) is 5.35. The van der Waals surface area contributed by atoms with Gasteiger partial charge < -0.3 is 0 Å². The summed E-state index contributed by atoms with van der Waals surface area (Å²) >= 11 is 0. The van der Waals surface area contributed by atoms with Gasteiger partial charge in [-0.3, -0.25) is 0 Å². The first-order valence-corrected chi connectivity index (χ1v) is 5.69. The summed E-state index contributed by atoms with van der Waals surface area (Å²) in [5.74, 6) is 1.21. The number of rotatable bonds is 1. The number of carbonyl (C=O) groups is 1. The van der Waals surface area contributed by atoms with E-state index in [1.54, 1.807) is 6.92 Å². The summed E-state index contributed by atoms with van der Waals surface area (Å²) in [5, 5.41) is 7.92. The van der Waals surface area contributed by atoms with E-state index < -0.39 is 0 Å². The quantitative estimate of drug-likeness (QED) is 0.759. The van der Waals surface area contributed by atoms with E-state index in [9.17, 15) is 4.79 Å². The molecule has 0 N–H and O–H groups in total. The van der Waals surface area contributed by atoms with E-state index in [0.29, 0.717) is 18.1 Å². The summed E-state index contributed by atoms with van der Waals surface area (Å²) in [6.45, 7) is 8.02. The van der Waals surface area contributed by atoms with E-state index in [2.05, 4.69) is 40.9 Å². The van der Waals surface area contributed by atoms with Gasteiger partial charge >= 0.3 is 6.03 Å². The van der Waals surface area contributed by atoms with E-state index in [1.165, 1.54) is 17.3 Å². The summed E-state index contributed by atoms with van der Waals surface area (Å²) < 4.78 is 2.43. The third kappa shape index (κ3) is 2.61. The topological polar surface area (TPSA) is 78.5 Å². The van der Waals surface area contributed by atoms with Crippen LogP contribution in [0.4, 0.5) is 4.79 Å². The minimum absolute atomic E-state index is 0.0276. The summed E-state index contributed by atoms with van der Waals surface area (Å²) in [7, 11) is 0. The van der Waals surface area contributed by atoms with Gasteiger partial charge in [-0.15, -0.1) is 5.10 Å². The van der Waals surface area contributed by atoms with Crippen molar-refractivity contribution >= 4 is 6.03 Å². The molecule has 0 unspecified atom stereocenters. The summed E-state index contributed by atoms with van der Waals surface area (Å²) in [5.41, 5.74) is 0.0276. The Hall–Kier alpha value is -2.05. The van der Waals surface area contributed by atoms with Crippen molar-refractivity contribution in [1.29, 1.82) is 0 Å². The average Bonchev–Trinajstić information content (AvgIpc) is 2.84. The number of hydrogen-bond acceptors (Lipinski definition) is 5. The smallest absolute Gasteiger partial charge is 0.243 e.